The van der Waals surface area contributed by atoms with E-state index in [9.17, 15) is 4.79 Å². The fourth-order valence-corrected chi connectivity index (χ4v) is 1.70. The number of hydrogen-bond acceptors (Lipinski definition) is 1. The predicted octanol–water partition coefficient (Wildman–Crippen LogP) is 3.44. The molecule has 1 aromatic rings. The van der Waals surface area contributed by atoms with Gasteiger partial charge < -0.3 is 0 Å². The summed E-state index contributed by atoms with van der Waals surface area (Å²) in [5.74, 6) is 0.578. The summed E-state index contributed by atoms with van der Waals surface area (Å²) in [5, 5.41) is 0. The molecule has 1 aliphatic rings. The maximum absolute atomic E-state index is 11.4. The molecule has 0 amide bonds. The molecule has 14 heavy (non-hydrogen) atoms. The van der Waals surface area contributed by atoms with Gasteiger partial charge in [0.25, 0.3) is 0 Å². The van der Waals surface area contributed by atoms with Gasteiger partial charge in [-0.05, 0) is 30.5 Å². The van der Waals surface area contributed by atoms with E-state index in [1.165, 1.54) is 0 Å². The molecule has 1 aromatic carbocycles. The van der Waals surface area contributed by atoms with E-state index in [-0.39, 0.29) is 5.78 Å². The van der Waals surface area contributed by atoms with Crippen molar-refractivity contribution in [2.75, 3.05) is 0 Å². The molecule has 0 unspecified atom stereocenters. The molecule has 1 fully saturated rings. The highest BCUT2D eigenvalue weighted by molar-refractivity contribution is 9.10. The fraction of sp³-hybridized carbons (Fsp3) is 0.250. The topological polar surface area (TPSA) is 17.1 Å². The third kappa shape index (κ3) is 2.32. The SMILES string of the molecule is O=C(/C=C/c1ccccc1Br)C1CC1. The number of halogens is 1. The van der Waals surface area contributed by atoms with Crippen LogP contribution in [0.15, 0.2) is 34.8 Å². The molecule has 0 saturated heterocycles. The minimum Gasteiger partial charge on any atom is -0.295 e. The van der Waals surface area contributed by atoms with E-state index in [2.05, 4.69) is 15.9 Å². The lowest BCUT2D eigenvalue weighted by Crippen LogP contribution is -1.93. The van der Waals surface area contributed by atoms with Gasteiger partial charge in [-0.1, -0.05) is 40.2 Å². The molecule has 2 rings (SSSR count). The van der Waals surface area contributed by atoms with Crippen LogP contribution < -0.4 is 0 Å². The lowest BCUT2D eigenvalue weighted by Gasteiger charge is -1.96. The second kappa shape index (κ2) is 4.09. The fourth-order valence-electron chi connectivity index (χ4n) is 1.29. The van der Waals surface area contributed by atoms with Crippen LogP contribution in [-0.2, 0) is 4.79 Å². The summed E-state index contributed by atoms with van der Waals surface area (Å²) in [6.45, 7) is 0. The Morgan fingerprint density at radius 1 is 1.36 bits per heavy atom. The van der Waals surface area contributed by atoms with Crippen molar-refractivity contribution in [3.63, 3.8) is 0 Å². The van der Waals surface area contributed by atoms with Crippen LogP contribution in [0.25, 0.3) is 6.08 Å². The van der Waals surface area contributed by atoms with E-state index in [4.69, 9.17) is 0 Å². The number of carbonyl (C=O) groups excluding carboxylic acids is 1. The van der Waals surface area contributed by atoms with Crippen molar-refractivity contribution in [3.05, 3.63) is 40.4 Å². The monoisotopic (exact) mass is 250 g/mol. The minimum absolute atomic E-state index is 0.265. The number of ketones is 1. The van der Waals surface area contributed by atoms with Gasteiger partial charge >= 0.3 is 0 Å². The Morgan fingerprint density at radius 2 is 2.07 bits per heavy atom. The molecule has 1 aliphatic carbocycles. The molecule has 0 atom stereocenters. The molecule has 1 nitrogen and oxygen atoms in total. The molecule has 2 heteroatoms. The summed E-state index contributed by atoms with van der Waals surface area (Å²) in [7, 11) is 0. The summed E-state index contributed by atoms with van der Waals surface area (Å²) in [6, 6.07) is 7.89. The van der Waals surface area contributed by atoms with Gasteiger partial charge in [0.1, 0.15) is 0 Å². The van der Waals surface area contributed by atoms with Crippen LogP contribution >= 0.6 is 15.9 Å². The maximum atomic E-state index is 11.4. The summed E-state index contributed by atoms with van der Waals surface area (Å²) in [6.07, 6.45) is 5.71. The van der Waals surface area contributed by atoms with Gasteiger partial charge in [-0.3, -0.25) is 4.79 Å². The first kappa shape index (κ1) is 9.66. The average Bonchev–Trinajstić information content (AvgIpc) is 2.99. The van der Waals surface area contributed by atoms with Crippen LogP contribution in [0, 0.1) is 5.92 Å². The Labute approximate surface area is 92.0 Å². The van der Waals surface area contributed by atoms with Gasteiger partial charge in [0, 0.05) is 10.4 Å². The van der Waals surface area contributed by atoms with Crippen molar-refractivity contribution >= 4 is 27.8 Å². The van der Waals surface area contributed by atoms with E-state index in [1.807, 2.05) is 30.3 Å². The Morgan fingerprint density at radius 3 is 2.71 bits per heavy atom. The first-order valence-corrected chi connectivity index (χ1v) is 5.53. The maximum Gasteiger partial charge on any atom is 0.158 e. The van der Waals surface area contributed by atoms with E-state index >= 15 is 0 Å². The zero-order valence-electron chi connectivity index (χ0n) is 7.74. The van der Waals surface area contributed by atoms with Crippen molar-refractivity contribution in [1.29, 1.82) is 0 Å². The van der Waals surface area contributed by atoms with Crippen molar-refractivity contribution in [1.82, 2.24) is 0 Å². The van der Waals surface area contributed by atoms with E-state index in [0.29, 0.717) is 5.92 Å². The standard InChI is InChI=1S/C12H11BrO/c13-11-4-2-1-3-9(11)7-8-12(14)10-5-6-10/h1-4,7-8,10H,5-6H2/b8-7+. The number of benzene rings is 1. The lowest BCUT2D eigenvalue weighted by atomic mass is 10.1. The predicted molar refractivity (Wildman–Crippen MR) is 60.9 cm³/mol. The summed E-state index contributed by atoms with van der Waals surface area (Å²) in [5.41, 5.74) is 1.06. The largest absolute Gasteiger partial charge is 0.295 e. The van der Waals surface area contributed by atoms with Gasteiger partial charge in [0.15, 0.2) is 5.78 Å². The third-order valence-electron chi connectivity index (χ3n) is 2.31. The van der Waals surface area contributed by atoms with Crippen LogP contribution in [0.4, 0.5) is 0 Å². The third-order valence-corrected chi connectivity index (χ3v) is 3.03. The zero-order chi connectivity index (χ0) is 9.97. The van der Waals surface area contributed by atoms with Crippen LogP contribution in [0.3, 0.4) is 0 Å². The number of hydrogen-bond donors (Lipinski definition) is 0. The molecule has 0 aliphatic heterocycles. The Bertz CT molecular complexity index is 378. The van der Waals surface area contributed by atoms with Crippen LogP contribution in [0.2, 0.25) is 0 Å². The molecule has 0 aromatic heterocycles. The second-order valence-electron chi connectivity index (χ2n) is 3.53. The van der Waals surface area contributed by atoms with E-state index in [1.54, 1.807) is 6.08 Å². The summed E-state index contributed by atoms with van der Waals surface area (Å²) < 4.78 is 1.03. The van der Waals surface area contributed by atoms with Crippen LogP contribution in [-0.4, -0.2) is 5.78 Å². The van der Waals surface area contributed by atoms with E-state index in [0.717, 1.165) is 22.9 Å². The summed E-state index contributed by atoms with van der Waals surface area (Å²) >= 11 is 3.44. The van der Waals surface area contributed by atoms with Gasteiger partial charge in [0.05, 0.1) is 0 Å². The van der Waals surface area contributed by atoms with Crippen LogP contribution in [0.1, 0.15) is 18.4 Å². The van der Waals surface area contributed by atoms with Gasteiger partial charge in [-0.25, -0.2) is 0 Å². The van der Waals surface area contributed by atoms with Crippen molar-refractivity contribution in [3.8, 4) is 0 Å². The first-order valence-electron chi connectivity index (χ1n) is 4.74. The quantitative estimate of drug-likeness (QED) is 0.752. The zero-order valence-corrected chi connectivity index (χ0v) is 9.33. The van der Waals surface area contributed by atoms with Crippen molar-refractivity contribution in [2.24, 2.45) is 5.92 Å². The average molecular weight is 251 g/mol. The summed E-state index contributed by atoms with van der Waals surface area (Å²) in [4.78, 5) is 11.4. The minimum atomic E-state index is 0.265. The molecule has 72 valence electrons. The smallest absolute Gasteiger partial charge is 0.158 e. The number of carbonyl (C=O) groups is 1. The Balaban J connectivity index is 2.09. The Hall–Kier alpha value is -0.890. The first-order chi connectivity index (χ1) is 6.77. The molecule has 0 spiro atoms. The molecular formula is C12H11BrO. The van der Waals surface area contributed by atoms with Gasteiger partial charge in [0.2, 0.25) is 0 Å². The highest BCUT2D eigenvalue weighted by Gasteiger charge is 2.27. The molecule has 0 heterocycles. The molecule has 1 saturated carbocycles. The lowest BCUT2D eigenvalue weighted by molar-refractivity contribution is -0.115. The Kier molecular flexibility index (Phi) is 2.82. The van der Waals surface area contributed by atoms with E-state index < -0.39 is 0 Å². The highest BCUT2D eigenvalue weighted by Crippen LogP contribution is 2.30. The van der Waals surface area contributed by atoms with Gasteiger partial charge in [-0.15, -0.1) is 0 Å². The van der Waals surface area contributed by atoms with Gasteiger partial charge in [-0.2, -0.15) is 0 Å². The normalized spacial score (nSPS) is 16.1. The van der Waals surface area contributed by atoms with Crippen molar-refractivity contribution in [2.45, 2.75) is 12.8 Å². The molecule has 0 radical (unpaired) electrons. The van der Waals surface area contributed by atoms with Crippen molar-refractivity contribution < 1.29 is 4.79 Å². The molecule has 0 bridgehead atoms. The number of allylic oxidation sites excluding steroid dienone is 1. The second-order valence-corrected chi connectivity index (χ2v) is 4.39. The number of rotatable bonds is 3. The highest BCUT2D eigenvalue weighted by atomic mass is 79.9. The molecule has 0 N–H and O–H groups in total. The molecular weight excluding hydrogens is 240 g/mol. The van der Waals surface area contributed by atoms with Crippen LogP contribution in [0.5, 0.6) is 0 Å².